The molecule has 2 heterocycles. The summed E-state index contributed by atoms with van der Waals surface area (Å²) in [7, 11) is 0. The molecule has 1 aliphatic heterocycles. The van der Waals surface area contributed by atoms with Crippen LogP contribution in [0.2, 0.25) is 0 Å². The van der Waals surface area contributed by atoms with Crippen molar-refractivity contribution < 1.29 is 18.7 Å². The number of hydrogen-bond acceptors (Lipinski definition) is 5. The van der Waals surface area contributed by atoms with Crippen LogP contribution in [0.1, 0.15) is 27.2 Å². The number of esters is 1. The number of aryl methyl sites for hydroxylation is 2. The number of aromatic nitrogens is 1. The molecule has 0 aliphatic carbocycles. The lowest BCUT2D eigenvalue weighted by Gasteiger charge is -2.34. The van der Waals surface area contributed by atoms with Gasteiger partial charge in [0.05, 0.1) is 16.8 Å². The molecule has 6 nitrogen and oxygen atoms in total. The third-order valence-electron chi connectivity index (χ3n) is 5.94. The lowest BCUT2D eigenvalue weighted by atomic mass is 10.0. The molecule has 166 valence electrons. The number of rotatable bonds is 5. The molecule has 1 aliphatic rings. The summed E-state index contributed by atoms with van der Waals surface area (Å²) in [5, 5.41) is 0.891. The Kier molecular flexibility index (Phi) is 6.46. The SMILES string of the molecule is Cc1nc2ccccc2c(C)c1C(=O)OCC(=O)N1CCN(Cc2ccccc2F)CC1. The fourth-order valence-electron chi connectivity index (χ4n) is 4.15. The van der Waals surface area contributed by atoms with Gasteiger partial charge in [0.15, 0.2) is 6.61 Å². The number of benzene rings is 2. The molecule has 2 aromatic carbocycles. The van der Waals surface area contributed by atoms with Gasteiger partial charge in [0.2, 0.25) is 0 Å². The maximum Gasteiger partial charge on any atom is 0.340 e. The van der Waals surface area contributed by atoms with Gasteiger partial charge in [-0.05, 0) is 31.5 Å². The van der Waals surface area contributed by atoms with Crippen LogP contribution in [-0.4, -0.2) is 59.4 Å². The normalized spacial score (nSPS) is 14.5. The number of nitrogens with zero attached hydrogens (tertiary/aromatic N) is 3. The summed E-state index contributed by atoms with van der Waals surface area (Å²) in [5.74, 6) is -0.982. The number of carbonyl (C=O) groups is 2. The molecule has 0 bridgehead atoms. The van der Waals surface area contributed by atoms with E-state index in [0.717, 1.165) is 16.5 Å². The Balaban J connectivity index is 1.32. The molecule has 3 aromatic rings. The van der Waals surface area contributed by atoms with Crippen molar-refractivity contribution in [2.45, 2.75) is 20.4 Å². The molecule has 1 aromatic heterocycles. The summed E-state index contributed by atoms with van der Waals surface area (Å²) in [4.78, 5) is 33.6. The highest BCUT2D eigenvalue weighted by atomic mass is 19.1. The molecule has 0 radical (unpaired) electrons. The summed E-state index contributed by atoms with van der Waals surface area (Å²) in [6.45, 7) is 6.15. The first kappa shape index (κ1) is 21.9. The van der Waals surface area contributed by atoms with Gasteiger partial charge < -0.3 is 9.64 Å². The topological polar surface area (TPSA) is 62.7 Å². The lowest BCUT2D eigenvalue weighted by Crippen LogP contribution is -2.49. The molecule has 0 spiro atoms. The van der Waals surface area contributed by atoms with Crippen LogP contribution in [0.25, 0.3) is 10.9 Å². The summed E-state index contributed by atoms with van der Waals surface area (Å²) >= 11 is 0. The van der Waals surface area contributed by atoms with E-state index >= 15 is 0 Å². The van der Waals surface area contributed by atoms with E-state index in [1.165, 1.54) is 6.07 Å². The van der Waals surface area contributed by atoms with Crippen molar-refractivity contribution in [1.82, 2.24) is 14.8 Å². The minimum absolute atomic E-state index is 0.216. The van der Waals surface area contributed by atoms with E-state index in [0.29, 0.717) is 49.5 Å². The van der Waals surface area contributed by atoms with Crippen molar-refractivity contribution >= 4 is 22.8 Å². The van der Waals surface area contributed by atoms with E-state index in [-0.39, 0.29) is 18.3 Å². The van der Waals surface area contributed by atoms with Crippen LogP contribution in [0.3, 0.4) is 0 Å². The van der Waals surface area contributed by atoms with E-state index in [2.05, 4.69) is 9.88 Å². The van der Waals surface area contributed by atoms with Crippen LogP contribution in [-0.2, 0) is 16.1 Å². The fraction of sp³-hybridized carbons (Fsp3) is 0.320. The van der Waals surface area contributed by atoms with Crippen LogP contribution in [0.4, 0.5) is 4.39 Å². The Morgan fingerprint density at radius 1 is 1.00 bits per heavy atom. The van der Waals surface area contributed by atoms with Crippen molar-refractivity contribution in [2.24, 2.45) is 0 Å². The zero-order valence-corrected chi connectivity index (χ0v) is 18.3. The van der Waals surface area contributed by atoms with Gasteiger partial charge in [-0.25, -0.2) is 9.18 Å². The molecule has 7 heteroatoms. The second-order valence-electron chi connectivity index (χ2n) is 8.04. The molecule has 4 rings (SSSR count). The van der Waals surface area contributed by atoms with E-state index < -0.39 is 5.97 Å². The Morgan fingerprint density at radius 3 is 2.44 bits per heavy atom. The van der Waals surface area contributed by atoms with E-state index in [1.807, 2.05) is 37.3 Å². The van der Waals surface area contributed by atoms with Crippen molar-refractivity contribution in [3.63, 3.8) is 0 Å². The first-order chi connectivity index (χ1) is 15.4. The highest BCUT2D eigenvalue weighted by molar-refractivity contribution is 5.99. The number of amides is 1. The van der Waals surface area contributed by atoms with Crippen LogP contribution >= 0.6 is 0 Å². The summed E-state index contributed by atoms with van der Waals surface area (Å²) in [6, 6.07) is 14.3. The van der Waals surface area contributed by atoms with Crippen LogP contribution in [0, 0.1) is 19.7 Å². The Bertz CT molecular complexity index is 1160. The first-order valence-electron chi connectivity index (χ1n) is 10.7. The van der Waals surface area contributed by atoms with Crippen molar-refractivity contribution in [3.05, 3.63) is 76.7 Å². The van der Waals surface area contributed by atoms with Gasteiger partial charge in [0.25, 0.3) is 5.91 Å². The number of carbonyl (C=O) groups excluding carboxylic acids is 2. The fourth-order valence-corrected chi connectivity index (χ4v) is 4.15. The highest BCUT2D eigenvalue weighted by Crippen LogP contribution is 2.23. The zero-order chi connectivity index (χ0) is 22.7. The monoisotopic (exact) mass is 435 g/mol. The zero-order valence-electron chi connectivity index (χ0n) is 18.3. The summed E-state index contributed by atoms with van der Waals surface area (Å²) in [5.41, 5.74) is 3.26. The maximum absolute atomic E-state index is 13.9. The Labute approximate surface area is 186 Å². The molecule has 1 fully saturated rings. The third kappa shape index (κ3) is 4.62. The van der Waals surface area contributed by atoms with Crippen molar-refractivity contribution in [3.8, 4) is 0 Å². The quantitative estimate of drug-likeness (QED) is 0.574. The summed E-state index contributed by atoms with van der Waals surface area (Å²) < 4.78 is 19.2. The van der Waals surface area contributed by atoms with Gasteiger partial charge in [-0.1, -0.05) is 36.4 Å². The minimum atomic E-state index is -0.537. The van der Waals surface area contributed by atoms with Gasteiger partial charge in [0, 0.05) is 43.7 Å². The maximum atomic E-state index is 13.9. The first-order valence-corrected chi connectivity index (χ1v) is 10.7. The summed E-state index contributed by atoms with van der Waals surface area (Å²) in [6.07, 6.45) is 0. The number of ether oxygens (including phenoxy) is 1. The lowest BCUT2D eigenvalue weighted by molar-refractivity contribution is -0.136. The number of fused-ring (bicyclic) bond motifs is 1. The highest BCUT2D eigenvalue weighted by Gasteiger charge is 2.24. The van der Waals surface area contributed by atoms with E-state index in [9.17, 15) is 14.0 Å². The van der Waals surface area contributed by atoms with Gasteiger partial charge in [-0.15, -0.1) is 0 Å². The van der Waals surface area contributed by atoms with Gasteiger partial charge in [-0.2, -0.15) is 0 Å². The van der Waals surface area contributed by atoms with Crippen molar-refractivity contribution in [2.75, 3.05) is 32.8 Å². The largest absolute Gasteiger partial charge is 0.452 e. The molecule has 0 saturated carbocycles. The molecule has 32 heavy (non-hydrogen) atoms. The number of pyridine rings is 1. The van der Waals surface area contributed by atoms with E-state index in [1.54, 1.807) is 24.0 Å². The minimum Gasteiger partial charge on any atom is -0.452 e. The average Bonchev–Trinajstić information content (AvgIpc) is 2.79. The molecule has 0 N–H and O–H groups in total. The van der Waals surface area contributed by atoms with Gasteiger partial charge in [-0.3, -0.25) is 14.7 Å². The van der Waals surface area contributed by atoms with Crippen LogP contribution < -0.4 is 0 Å². The van der Waals surface area contributed by atoms with E-state index in [4.69, 9.17) is 4.74 Å². The van der Waals surface area contributed by atoms with Crippen LogP contribution in [0.5, 0.6) is 0 Å². The van der Waals surface area contributed by atoms with Gasteiger partial charge in [0.1, 0.15) is 5.82 Å². The number of halogens is 1. The predicted molar refractivity (Wildman–Crippen MR) is 120 cm³/mol. The average molecular weight is 435 g/mol. The molecule has 0 atom stereocenters. The number of hydrogen-bond donors (Lipinski definition) is 0. The number of para-hydroxylation sites is 1. The smallest absolute Gasteiger partial charge is 0.340 e. The molecule has 1 amide bonds. The van der Waals surface area contributed by atoms with Gasteiger partial charge >= 0.3 is 5.97 Å². The predicted octanol–water partition coefficient (Wildman–Crippen LogP) is 3.49. The second kappa shape index (κ2) is 9.44. The third-order valence-corrected chi connectivity index (χ3v) is 5.94. The van der Waals surface area contributed by atoms with Crippen LogP contribution in [0.15, 0.2) is 48.5 Å². The second-order valence-corrected chi connectivity index (χ2v) is 8.04. The Morgan fingerprint density at radius 2 is 1.69 bits per heavy atom. The molecule has 1 saturated heterocycles. The molecular weight excluding hydrogens is 409 g/mol. The number of piperazine rings is 1. The molecular formula is C25H26FN3O3. The van der Waals surface area contributed by atoms with Crippen molar-refractivity contribution in [1.29, 1.82) is 0 Å². The standard InChI is InChI=1S/C25H26FN3O3/c1-17-20-8-4-6-10-22(20)27-18(2)24(17)25(31)32-16-23(30)29-13-11-28(12-14-29)15-19-7-3-5-9-21(19)26/h3-10H,11-16H2,1-2H3. The Hall–Kier alpha value is -3.32. The molecule has 0 unspecified atom stereocenters.